The summed E-state index contributed by atoms with van der Waals surface area (Å²) in [7, 11) is 1.66. The minimum atomic E-state index is -0.243. The molecule has 1 fully saturated rings. The lowest BCUT2D eigenvalue weighted by molar-refractivity contribution is 0.0910. The van der Waals surface area contributed by atoms with Crippen molar-refractivity contribution in [2.75, 3.05) is 26.8 Å². The van der Waals surface area contributed by atoms with E-state index in [0.717, 1.165) is 24.4 Å². The molecule has 3 rings (SSSR count). The van der Waals surface area contributed by atoms with Gasteiger partial charge < -0.3 is 19.7 Å². The van der Waals surface area contributed by atoms with E-state index < -0.39 is 0 Å². The quantitative estimate of drug-likeness (QED) is 0.778. The van der Waals surface area contributed by atoms with E-state index in [1.165, 1.54) is 5.56 Å². The second-order valence-electron chi connectivity index (χ2n) is 6.83. The average Bonchev–Trinajstić information content (AvgIpc) is 3.21. The SMILES string of the molecule is CCOC(=O)N1CCC(n2nnnc2CN[C@@H](C)c2ccc(OC)cc2)CC1. The van der Waals surface area contributed by atoms with Crippen molar-refractivity contribution >= 4 is 6.09 Å². The second-order valence-corrected chi connectivity index (χ2v) is 6.83. The Morgan fingerprint density at radius 3 is 2.64 bits per heavy atom. The number of carbonyl (C=O) groups excluding carboxylic acids is 1. The van der Waals surface area contributed by atoms with E-state index in [1.54, 1.807) is 12.0 Å². The van der Waals surface area contributed by atoms with Gasteiger partial charge in [0, 0.05) is 19.1 Å². The van der Waals surface area contributed by atoms with Crippen LogP contribution in [0.2, 0.25) is 0 Å². The number of hydrogen-bond donors (Lipinski definition) is 1. The summed E-state index contributed by atoms with van der Waals surface area (Å²) >= 11 is 0. The number of benzene rings is 1. The average molecular weight is 388 g/mol. The number of likely N-dealkylation sites (tertiary alicyclic amines) is 1. The van der Waals surface area contributed by atoms with Crippen molar-refractivity contribution < 1.29 is 14.3 Å². The maximum absolute atomic E-state index is 11.8. The number of piperidine rings is 1. The lowest BCUT2D eigenvalue weighted by Gasteiger charge is -2.31. The zero-order valence-corrected chi connectivity index (χ0v) is 16.7. The van der Waals surface area contributed by atoms with Crippen LogP contribution < -0.4 is 10.1 Å². The van der Waals surface area contributed by atoms with E-state index in [-0.39, 0.29) is 18.2 Å². The minimum Gasteiger partial charge on any atom is -0.497 e. The molecular weight excluding hydrogens is 360 g/mol. The fraction of sp³-hybridized carbons (Fsp3) is 0.579. The van der Waals surface area contributed by atoms with Crippen LogP contribution in [0.1, 0.15) is 50.2 Å². The number of nitrogens with one attached hydrogen (secondary N) is 1. The van der Waals surface area contributed by atoms with Gasteiger partial charge in [-0.25, -0.2) is 9.48 Å². The molecule has 0 saturated carbocycles. The summed E-state index contributed by atoms with van der Waals surface area (Å²) in [5, 5.41) is 15.7. The number of aromatic nitrogens is 4. The molecule has 9 heteroatoms. The predicted molar refractivity (Wildman–Crippen MR) is 103 cm³/mol. The first-order chi connectivity index (χ1) is 13.6. The molecule has 0 bridgehead atoms. The van der Waals surface area contributed by atoms with E-state index in [9.17, 15) is 4.79 Å². The first-order valence-electron chi connectivity index (χ1n) is 9.68. The molecule has 0 unspecified atom stereocenters. The van der Waals surface area contributed by atoms with Crippen LogP contribution in [0.3, 0.4) is 0 Å². The van der Waals surface area contributed by atoms with Gasteiger partial charge in [0.15, 0.2) is 5.82 Å². The van der Waals surface area contributed by atoms with Crippen molar-refractivity contribution in [3.63, 3.8) is 0 Å². The molecule has 1 N–H and O–H groups in total. The summed E-state index contributed by atoms with van der Waals surface area (Å²) in [6.07, 6.45) is 1.38. The van der Waals surface area contributed by atoms with Crippen LogP contribution >= 0.6 is 0 Å². The Balaban J connectivity index is 1.54. The van der Waals surface area contributed by atoms with Crippen LogP contribution in [0.15, 0.2) is 24.3 Å². The van der Waals surface area contributed by atoms with Crippen LogP contribution in [0.5, 0.6) is 5.75 Å². The van der Waals surface area contributed by atoms with Crippen molar-refractivity contribution in [3.05, 3.63) is 35.7 Å². The molecule has 1 aromatic carbocycles. The van der Waals surface area contributed by atoms with Gasteiger partial charge in [-0.3, -0.25) is 0 Å². The first kappa shape index (κ1) is 20.1. The zero-order chi connectivity index (χ0) is 19.9. The molecule has 1 saturated heterocycles. The summed E-state index contributed by atoms with van der Waals surface area (Å²) in [5.41, 5.74) is 1.17. The Morgan fingerprint density at radius 1 is 1.29 bits per heavy atom. The molecule has 9 nitrogen and oxygen atoms in total. The number of methoxy groups -OCH3 is 1. The highest BCUT2D eigenvalue weighted by molar-refractivity contribution is 5.67. The number of ether oxygens (including phenoxy) is 2. The monoisotopic (exact) mass is 388 g/mol. The minimum absolute atomic E-state index is 0.154. The summed E-state index contributed by atoms with van der Waals surface area (Å²) < 4.78 is 12.2. The highest BCUT2D eigenvalue weighted by atomic mass is 16.6. The molecule has 1 atom stereocenters. The van der Waals surface area contributed by atoms with Gasteiger partial charge in [0.25, 0.3) is 0 Å². The van der Waals surface area contributed by atoms with Gasteiger partial charge >= 0.3 is 6.09 Å². The topological polar surface area (TPSA) is 94.4 Å². The number of rotatable bonds is 7. The molecule has 1 amide bonds. The van der Waals surface area contributed by atoms with Gasteiger partial charge in [0.1, 0.15) is 5.75 Å². The van der Waals surface area contributed by atoms with Crippen molar-refractivity contribution in [1.82, 2.24) is 30.4 Å². The lowest BCUT2D eigenvalue weighted by atomic mass is 10.1. The first-order valence-corrected chi connectivity index (χ1v) is 9.68. The second kappa shape index (κ2) is 9.50. The van der Waals surface area contributed by atoms with Crippen molar-refractivity contribution in [1.29, 1.82) is 0 Å². The van der Waals surface area contributed by atoms with Gasteiger partial charge in [-0.2, -0.15) is 0 Å². The van der Waals surface area contributed by atoms with Gasteiger partial charge in [-0.15, -0.1) is 5.10 Å². The molecule has 0 radical (unpaired) electrons. The Bertz CT molecular complexity index is 755. The largest absolute Gasteiger partial charge is 0.497 e. The van der Waals surface area contributed by atoms with Crippen LogP contribution in [-0.2, 0) is 11.3 Å². The summed E-state index contributed by atoms with van der Waals surface area (Å²) in [5.74, 6) is 1.64. The van der Waals surface area contributed by atoms with Crippen LogP contribution in [-0.4, -0.2) is 58.0 Å². The van der Waals surface area contributed by atoms with Crippen LogP contribution in [0, 0.1) is 0 Å². The number of carbonyl (C=O) groups is 1. The van der Waals surface area contributed by atoms with E-state index in [1.807, 2.05) is 35.9 Å². The highest BCUT2D eigenvalue weighted by Gasteiger charge is 2.27. The molecular formula is C19H28N6O3. The summed E-state index contributed by atoms with van der Waals surface area (Å²) in [4.78, 5) is 13.6. The molecule has 1 aromatic heterocycles. The Kier molecular flexibility index (Phi) is 6.80. The molecule has 2 heterocycles. The maximum atomic E-state index is 11.8. The molecule has 152 valence electrons. The predicted octanol–water partition coefficient (Wildman–Crippen LogP) is 2.33. The summed E-state index contributed by atoms with van der Waals surface area (Å²) in [6, 6.07) is 8.34. The van der Waals surface area contributed by atoms with E-state index in [2.05, 4.69) is 27.8 Å². The molecule has 1 aliphatic heterocycles. The number of amides is 1. The Labute approximate surface area is 165 Å². The van der Waals surface area contributed by atoms with E-state index in [4.69, 9.17) is 9.47 Å². The maximum Gasteiger partial charge on any atom is 0.409 e. The fourth-order valence-corrected chi connectivity index (χ4v) is 3.37. The molecule has 0 spiro atoms. The number of hydrogen-bond acceptors (Lipinski definition) is 7. The highest BCUT2D eigenvalue weighted by Crippen LogP contribution is 2.23. The lowest BCUT2D eigenvalue weighted by Crippen LogP contribution is -2.40. The van der Waals surface area contributed by atoms with Gasteiger partial charge in [-0.05, 0) is 54.8 Å². The van der Waals surface area contributed by atoms with Crippen LogP contribution in [0.25, 0.3) is 0 Å². The normalized spacial score (nSPS) is 16.0. The molecule has 28 heavy (non-hydrogen) atoms. The van der Waals surface area contributed by atoms with E-state index >= 15 is 0 Å². The van der Waals surface area contributed by atoms with Crippen molar-refractivity contribution in [3.8, 4) is 5.75 Å². The standard InChI is InChI=1S/C19H28N6O3/c1-4-28-19(26)24-11-9-16(10-12-24)25-18(21-22-23-25)13-20-14(2)15-5-7-17(27-3)8-6-15/h5-8,14,16,20H,4,9-13H2,1-3H3/t14-/m0/s1. The smallest absolute Gasteiger partial charge is 0.409 e. The van der Waals surface area contributed by atoms with Gasteiger partial charge in [0.2, 0.25) is 0 Å². The van der Waals surface area contributed by atoms with Gasteiger partial charge in [0.05, 0.1) is 26.3 Å². The van der Waals surface area contributed by atoms with E-state index in [0.29, 0.717) is 26.2 Å². The summed E-state index contributed by atoms with van der Waals surface area (Å²) in [6.45, 7) is 6.19. The number of tetrazole rings is 1. The third-order valence-electron chi connectivity index (χ3n) is 5.08. The van der Waals surface area contributed by atoms with Crippen molar-refractivity contribution in [2.24, 2.45) is 0 Å². The number of nitrogens with zero attached hydrogens (tertiary/aromatic N) is 5. The third kappa shape index (κ3) is 4.78. The molecule has 0 aliphatic carbocycles. The van der Waals surface area contributed by atoms with Gasteiger partial charge in [-0.1, -0.05) is 12.1 Å². The molecule has 2 aromatic rings. The zero-order valence-electron chi connectivity index (χ0n) is 16.7. The van der Waals surface area contributed by atoms with Crippen LogP contribution in [0.4, 0.5) is 4.79 Å². The van der Waals surface area contributed by atoms with Crippen molar-refractivity contribution in [2.45, 2.75) is 45.3 Å². The third-order valence-corrected chi connectivity index (χ3v) is 5.08. The Morgan fingerprint density at radius 2 is 2.00 bits per heavy atom. The molecule has 1 aliphatic rings. The Hall–Kier alpha value is -2.68. The fourth-order valence-electron chi connectivity index (χ4n) is 3.37.